The Kier molecular flexibility index (Phi) is 4.01. The Bertz CT molecular complexity index is 919. The zero-order valence-corrected chi connectivity index (χ0v) is 13.7. The number of para-hydroxylation sites is 1. The summed E-state index contributed by atoms with van der Waals surface area (Å²) in [4.78, 5) is 31.4. The molecule has 1 atom stereocenters. The van der Waals surface area contributed by atoms with Gasteiger partial charge in [0.05, 0.1) is 5.52 Å². The number of fused-ring (bicyclic) bond motifs is 1. The maximum absolute atomic E-state index is 12.9. The molecule has 1 saturated heterocycles. The molecule has 1 aliphatic heterocycles. The van der Waals surface area contributed by atoms with Crippen molar-refractivity contribution >= 4 is 22.6 Å². The van der Waals surface area contributed by atoms with Crippen molar-refractivity contribution in [3.63, 3.8) is 0 Å². The standard InChI is InChI=1S/C19H18N4O2/c24-18(16-9-3-4-10-20-16)13-6-5-11-23(12-13)19(25)17-14-7-1-2-8-15(14)21-22-17/h1-4,7-10,13H,5-6,11-12H2,(H,21,22). The van der Waals surface area contributed by atoms with Crippen LogP contribution in [0.25, 0.3) is 10.9 Å². The number of likely N-dealkylation sites (tertiary alicyclic amines) is 1. The molecule has 4 rings (SSSR count). The Labute approximate surface area is 144 Å². The molecule has 1 unspecified atom stereocenters. The molecule has 6 nitrogen and oxygen atoms in total. The van der Waals surface area contributed by atoms with Gasteiger partial charge in [-0.1, -0.05) is 24.3 Å². The number of pyridine rings is 1. The van der Waals surface area contributed by atoms with E-state index in [4.69, 9.17) is 0 Å². The smallest absolute Gasteiger partial charge is 0.275 e. The number of hydrogen-bond acceptors (Lipinski definition) is 4. The number of rotatable bonds is 3. The van der Waals surface area contributed by atoms with E-state index in [-0.39, 0.29) is 17.6 Å². The first-order valence-corrected chi connectivity index (χ1v) is 8.41. The minimum absolute atomic E-state index is 0.00462. The summed E-state index contributed by atoms with van der Waals surface area (Å²) in [6.07, 6.45) is 3.20. The number of ketones is 1. The number of H-pyrrole nitrogens is 1. The summed E-state index contributed by atoms with van der Waals surface area (Å²) in [7, 11) is 0. The van der Waals surface area contributed by atoms with E-state index in [1.165, 1.54) is 0 Å². The molecule has 6 heteroatoms. The molecule has 1 aliphatic rings. The molecule has 0 radical (unpaired) electrons. The van der Waals surface area contributed by atoms with E-state index < -0.39 is 0 Å². The van der Waals surface area contributed by atoms with Crippen molar-refractivity contribution in [2.45, 2.75) is 12.8 Å². The Morgan fingerprint density at radius 1 is 1.12 bits per heavy atom. The van der Waals surface area contributed by atoms with Crippen LogP contribution < -0.4 is 0 Å². The third kappa shape index (κ3) is 2.91. The average molecular weight is 334 g/mol. The van der Waals surface area contributed by atoms with Crippen molar-refractivity contribution in [3.05, 3.63) is 60.0 Å². The summed E-state index contributed by atoms with van der Waals surface area (Å²) in [5.74, 6) is -0.334. The first-order chi connectivity index (χ1) is 12.2. The lowest BCUT2D eigenvalue weighted by atomic mass is 9.91. The summed E-state index contributed by atoms with van der Waals surface area (Å²) in [6.45, 7) is 1.06. The van der Waals surface area contributed by atoms with E-state index in [1.54, 1.807) is 23.2 Å². The fourth-order valence-electron chi connectivity index (χ4n) is 3.37. The van der Waals surface area contributed by atoms with Gasteiger partial charge in [0.1, 0.15) is 5.69 Å². The number of aromatic amines is 1. The highest BCUT2D eigenvalue weighted by Crippen LogP contribution is 2.23. The third-order valence-corrected chi connectivity index (χ3v) is 4.67. The topological polar surface area (TPSA) is 79.0 Å². The van der Waals surface area contributed by atoms with Crippen molar-refractivity contribution in [3.8, 4) is 0 Å². The maximum Gasteiger partial charge on any atom is 0.275 e. The fraction of sp³-hybridized carbons (Fsp3) is 0.263. The van der Waals surface area contributed by atoms with Crippen LogP contribution in [0.2, 0.25) is 0 Å². The lowest BCUT2D eigenvalue weighted by Gasteiger charge is -2.31. The third-order valence-electron chi connectivity index (χ3n) is 4.67. The van der Waals surface area contributed by atoms with E-state index in [9.17, 15) is 9.59 Å². The molecule has 0 bridgehead atoms. The largest absolute Gasteiger partial charge is 0.336 e. The fourth-order valence-corrected chi connectivity index (χ4v) is 3.37. The molecule has 2 aromatic heterocycles. The summed E-state index contributed by atoms with van der Waals surface area (Å²) in [5.41, 5.74) is 1.72. The number of nitrogens with one attached hydrogen (secondary N) is 1. The highest BCUT2D eigenvalue weighted by Gasteiger charge is 2.31. The number of carbonyl (C=O) groups excluding carboxylic acids is 2. The van der Waals surface area contributed by atoms with Crippen LogP contribution in [-0.4, -0.2) is 44.9 Å². The molecular weight excluding hydrogens is 316 g/mol. The Balaban J connectivity index is 1.55. The first kappa shape index (κ1) is 15.5. The van der Waals surface area contributed by atoms with Crippen molar-refractivity contribution in [2.24, 2.45) is 5.92 Å². The van der Waals surface area contributed by atoms with Gasteiger partial charge in [-0.3, -0.25) is 19.7 Å². The number of nitrogens with zero attached hydrogens (tertiary/aromatic N) is 3. The van der Waals surface area contributed by atoms with Gasteiger partial charge in [0.25, 0.3) is 5.91 Å². The molecule has 1 amide bonds. The van der Waals surface area contributed by atoms with Crippen LogP contribution in [-0.2, 0) is 0 Å². The molecule has 0 spiro atoms. The molecule has 0 saturated carbocycles. The van der Waals surface area contributed by atoms with Crippen molar-refractivity contribution in [1.29, 1.82) is 0 Å². The summed E-state index contributed by atoms with van der Waals surface area (Å²) >= 11 is 0. The Morgan fingerprint density at radius 2 is 1.96 bits per heavy atom. The number of benzene rings is 1. The van der Waals surface area contributed by atoms with Gasteiger partial charge in [0, 0.05) is 30.6 Å². The molecule has 3 heterocycles. The molecule has 1 aromatic carbocycles. The number of piperidine rings is 1. The molecule has 126 valence electrons. The zero-order chi connectivity index (χ0) is 17.2. The van der Waals surface area contributed by atoms with Gasteiger partial charge in [-0.2, -0.15) is 5.10 Å². The second-order valence-corrected chi connectivity index (χ2v) is 6.29. The van der Waals surface area contributed by atoms with Gasteiger partial charge in [0.15, 0.2) is 11.5 Å². The Morgan fingerprint density at radius 3 is 2.80 bits per heavy atom. The Hall–Kier alpha value is -3.02. The van der Waals surface area contributed by atoms with E-state index in [1.807, 2.05) is 30.3 Å². The lowest BCUT2D eigenvalue weighted by Crippen LogP contribution is -2.42. The second-order valence-electron chi connectivity index (χ2n) is 6.29. The predicted octanol–water partition coefficient (Wildman–Crippen LogP) is 2.69. The maximum atomic E-state index is 12.9. The average Bonchev–Trinajstić information content (AvgIpc) is 3.12. The number of Topliss-reactive ketones (excluding diaryl/α,β-unsaturated/α-hetero) is 1. The van der Waals surface area contributed by atoms with Gasteiger partial charge >= 0.3 is 0 Å². The monoisotopic (exact) mass is 334 g/mol. The molecule has 0 aliphatic carbocycles. The van der Waals surface area contributed by atoms with E-state index in [0.717, 1.165) is 23.7 Å². The van der Waals surface area contributed by atoms with Crippen LogP contribution in [0.4, 0.5) is 0 Å². The molecular formula is C19H18N4O2. The van der Waals surface area contributed by atoms with E-state index in [2.05, 4.69) is 15.2 Å². The van der Waals surface area contributed by atoms with E-state index in [0.29, 0.717) is 24.5 Å². The molecule has 25 heavy (non-hydrogen) atoms. The summed E-state index contributed by atoms with van der Waals surface area (Å²) < 4.78 is 0. The van der Waals surface area contributed by atoms with Gasteiger partial charge in [-0.25, -0.2) is 0 Å². The minimum Gasteiger partial charge on any atom is -0.336 e. The minimum atomic E-state index is -0.210. The number of hydrogen-bond donors (Lipinski definition) is 1. The summed E-state index contributed by atoms with van der Waals surface area (Å²) in [5, 5.41) is 7.89. The first-order valence-electron chi connectivity index (χ1n) is 8.41. The van der Waals surface area contributed by atoms with Crippen LogP contribution >= 0.6 is 0 Å². The van der Waals surface area contributed by atoms with Crippen LogP contribution in [0.15, 0.2) is 48.7 Å². The molecule has 3 aromatic rings. The SMILES string of the molecule is O=C(c1ccccn1)C1CCCN(C(=O)c2n[nH]c3ccccc23)C1. The number of carbonyl (C=O) groups is 2. The number of aromatic nitrogens is 3. The van der Waals surface area contributed by atoms with Crippen LogP contribution in [0.1, 0.15) is 33.8 Å². The van der Waals surface area contributed by atoms with Crippen molar-refractivity contribution in [2.75, 3.05) is 13.1 Å². The molecule has 1 fully saturated rings. The van der Waals surface area contributed by atoms with Crippen molar-refractivity contribution < 1.29 is 9.59 Å². The quantitative estimate of drug-likeness (QED) is 0.747. The van der Waals surface area contributed by atoms with E-state index >= 15 is 0 Å². The normalized spacial score (nSPS) is 17.6. The highest BCUT2D eigenvalue weighted by molar-refractivity contribution is 6.05. The summed E-state index contributed by atoms with van der Waals surface area (Å²) in [6, 6.07) is 12.9. The zero-order valence-electron chi connectivity index (χ0n) is 13.7. The highest BCUT2D eigenvalue weighted by atomic mass is 16.2. The second kappa shape index (κ2) is 6.47. The number of amides is 1. The van der Waals surface area contributed by atoms with Crippen LogP contribution in [0.3, 0.4) is 0 Å². The lowest BCUT2D eigenvalue weighted by molar-refractivity contribution is 0.0632. The van der Waals surface area contributed by atoms with Gasteiger partial charge in [-0.15, -0.1) is 0 Å². The van der Waals surface area contributed by atoms with Gasteiger partial charge in [-0.05, 0) is 31.0 Å². The van der Waals surface area contributed by atoms with Gasteiger partial charge < -0.3 is 4.90 Å². The van der Waals surface area contributed by atoms with Crippen LogP contribution in [0.5, 0.6) is 0 Å². The van der Waals surface area contributed by atoms with Crippen LogP contribution in [0, 0.1) is 5.92 Å². The molecule has 1 N–H and O–H groups in total. The van der Waals surface area contributed by atoms with Crippen molar-refractivity contribution in [1.82, 2.24) is 20.1 Å². The van der Waals surface area contributed by atoms with Gasteiger partial charge in [0.2, 0.25) is 0 Å². The predicted molar refractivity (Wildman–Crippen MR) is 93.3 cm³/mol.